The maximum Gasteiger partial charge on any atom is 0.193 e. The Morgan fingerprint density at radius 1 is 1.10 bits per heavy atom. The summed E-state index contributed by atoms with van der Waals surface area (Å²) in [5.74, 6) is 1.38. The zero-order valence-corrected chi connectivity index (χ0v) is 13.1. The van der Waals surface area contributed by atoms with Gasteiger partial charge in [0.1, 0.15) is 0 Å². The number of guanidine groups is 1. The van der Waals surface area contributed by atoms with Crippen molar-refractivity contribution < 1.29 is 0 Å². The van der Waals surface area contributed by atoms with Crippen molar-refractivity contribution in [2.75, 3.05) is 17.6 Å². The molecule has 0 unspecified atom stereocenters. The van der Waals surface area contributed by atoms with E-state index in [1.54, 1.807) is 11.8 Å². The van der Waals surface area contributed by atoms with Crippen molar-refractivity contribution in [3.63, 3.8) is 0 Å². The van der Waals surface area contributed by atoms with Crippen molar-refractivity contribution in [1.82, 2.24) is 0 Å². The molecule has 0 aliphatic rings. The minimum absolute atomic E-state index is 0.466. The average Bonchev–Trinajstić information content (AvgIpc) is 2.53. The summed E-state index contributed by atoms with van der Waals surface area (Å²) >= 11 is 1.78. The van der Waals surface area contributed by atoms with Gasteiger partial charge < -0.3 is 11.1 Å². The van der Waals surface area contributed by atoms with E-state index in [9.17, 15) is 0 Å². The lowest BCUT2D eigenvalue weighted by Crippen LogP contribution is -2.23. The van der Waals surface area contributed by atoms with Crippen LogP contribution in [0.3, 0.4) is 0 Å². The Morgan fingerprint density at radius 2 is 1.81 bits per heavy atom. The van der Waals surface area contributed by atoms with Gasteiger partial charge in [0.25, 0.3) is 0 Å². The van der Waals surface area contributed by atoms with E-state index in [1.165, 1.54) is 10.5 Å². The topological polar surface area (TPSA) is 50.4 Å². The maximum absolute atomic E-state index is 5.89. The van der Waals surface area contributed by atoms with E-state index in [1.807, 2.05) is 30.3 Å². The summed E-state index contributed by atoms with van der Waals surface area (Å²) < 4.78 is 0. The molecule has 110 valence electrons. The smallest absolute Gasteiger partial charge is 0.193 e. The first-order valence-electron chi connectivity index (χ1n) is 7.11. The average molecular weight is 299 g/mol. The minimum atomic E-state index is 0.466. The summed E-state index contributed by atoms with van der Waals surface area (Å²) in [6.45, 7) is 2.84. The van der Waals surface area contributed by atoms with Gasteiger partial charge in [-0.1, -0.05) is 37.3 Å². The van der Waals surface area contributed by atoms with Crippen LogP contribution in [0.2, 0.25) is 0 Å². The molecular formula is C17H21N3S. The number of thioether (sulfide) groups is 1. The Hall–Kier alpha value is -1.94. The Morgan fingerprint density at radius 3 is 2.48 bits per heavy atom. The number of aliphatic imine (C=N–C) groups is 1. The summed E-state index contributed by atoms with van der Waals surface area (Å²) in [7, 11) is 0. The third kappa shape index (κ3) is 5.52. The second-order valence-corrected chi connectivity index (χ2v) is 5.77. The van der Waals surface area contributed by atoms with Gasteiger partial charge in [-0.25, -0.2) is 0 Å². The summed E-state index contributed by atoms with van der Waals surface area (Å²) in [4.78, 5) is 5.60. The molecule has 0 aliphatic carbocycles. The van der Waals surface area contributed by atoms with Crippen LogP contribution in [0.5, 0.6) is 0 Å². The number of hydrogen-bond donors (Lipinski definition) is 2. The van der Waals surface area contributed by atoms with Crippen molar-refractivity contribution in [3.05, 3.63) is 60.2 Å². The lowest BCUT2D eigenvalue weighted by molar-refractivity contribution is 1.13. The third-order valence-corrected chi connectivity index (χ3v) is 4.01. The fourth-order valence-corrected chi connectivity index (χ4v) is 2.63. The van der Waals surface area contributed by atoms with E-state index in [4.69, 9.17) is 5.73 Å². The fraction of sp³-hybridized carbons (Fsp3) is 0.235. The molecule has 0 aliphatic heterocycles. The zero-order valence-electron chi connectivity index (χ0n) is 12.3. The number of nitrogens with two attached hydrogens (primary N) is 1. The summed E-state index contributed by atoms with van der Waals surface area (Å²) in [6, 6.07) is 18.6. The third-order valence-electron chi connectivity index (χ3n) is 3.02. The number of anilines is 1. The molecule has 2 rings (SSSR count). The van der Waals surface area contributed by atoms with Crippen molar-refractivity contribution in [3.8, 4) is 0 Å². The van der Waals surface area contributed by atoms with Crippen molar-refractivity contribution in [2.24, 2.45) is 10.7 Å². The molecule has 0 aromatic heterocycles. The molecule has 21 heavy (non-hydrogen) atoms. The molecule has 3 N–H and O–H groups in total. The lowest BCUT2D eigenvalue weighted by atomic mass is 10.1. The second-order valence-electron chi connectivity index (χ2n) is 4.60. The Bertz CT molecular complexity index is 564. The van der Waals surface area contributed by atoms with E-state index in [0.29, 0.717) is 12.5 Å². The van der Waals surface area contributed by atoms with Crippen molar-refractivity contribution in [1.29, 1.82) is 0 Å². The number of aryl methyl sites for hydroxylation is 1. The fourth-order valence-electron chi connectivity index (χ4n) is 1.86. The van der Waals surface area contributed by atoms with Gasteiger partial charge >= 0.3 is 0 Å². The lowest BCUT2D eigenvalue weighted by Gasteiger charge is -2.06. The molecule has 0 spiro atoms. The quantitative estimate of drug-likeness (QED) is 0.369. The molecule has 0 bridgehead atoms. The molecule has 2 aromatic rings. The standard InChI is InChI=1S/C17H21N3S/c1-2-14-8-10-15(11-9-14)20-17(18)19-12-13-21-16-6-4-3-5-7-16/h3-11H,2,12-13H2,1H3,(H3,18,19,20). The molecule has 2 aromatic carbocycles. The van der Waals surface area contributed by atoms with Gasteiger partial charge in [-0.15, -0.1) is 11.8 Å². The largest absolute Gasteiger partial charge is 0.370 e. The Labute approximate surface area is 130 Å². The minimum Gasteiger partial charge on any atom is -0.370 e. The molecule has 0 fully saturated rings. The van der Waals surface area contributed by atoms with E-state index in [-0.39, 0.29) is 0 Å². The zero-order chi connectivity index (χ0) is 14.9. The predicted molar refractivity (Wildman–Crippen MR) is 93.1 cm³/mol. The molecule has 3 nitrogen and oxygen atoms in total. The van der Waals surface area contributed by atoms with Gasteiger partial charge in [0.2, 0.25) is 0 Å². The van der Waals surface area contributed by atoms with Crippen LogP contribution in [-0.4, -0.2) is 18.3 Å². The predicted octanol–water partition coefficient (Wildman–Crippen LogP) is 3.77. The summed E-state index contributed by atoms with van der Waals surface area (Å²) in [5, 5.41) is 3.11. The highest BCUT2D eigenvalue weighted by Crippen LogP contribution is 2.16. The number of rotatable bonds is 6. The van der Waals surface area contributed by atoms with Crippen LogP contribution >= 0.6 is 11.8 Å². The Balaban J connectivity index is 1.75. The first-order chi connectivity index (χ1) is 10.3. The number of hydrogen-bond acceptors (Lipinski definition) is 2. The second kappa shape index (κ2) is 8.37. The van der Waals surface area contributed by atoms with E-state index in [0.717, 1.165) is 17.9 Å². The highest BCUT2D eigenvalue weighted by atomic mass is 32.2. The SMILES string of the molecule is CCc1ccc(NC(N)=NCCSc2ccccc2)cc1. The molecule has 0 saturated carbocycles. The number of benzene rings is 2. The van der Waals surface area contributed by atoms with Gasteiger partial charge in [0.15, 0.2) is 5.96 Å². The summed E-state index contributed by atoms with van der Waals surface area (Å²) in [6.07, 6.45) is 1.04. The molecule has 0 amide bonds. The normalized spacial score (nSPS) is 11.4. The van der Waals surface area contributed by atoms with E-state index in [2.05, 4.69) is 41.5 Å². The summed E-state index contributed by atoms with van der Waals surface area (Å²) in [5.41, 5.74) is 8.18. The molecule has 0 heterocycles. The van der Waals surface area contributed by atoms with Gasteiger partial charge in [0.05, 0.1) is 6.54 Å². The van der Waals surface area contributed by atoms with E-state index < -0.39 is 0 Å². The van der Waals surface area contributed by atoms with Gasteiger partial charge in [-0.05, 0) is 36.2 Å². The number of nitrogens with one attached hydrogen (secondary N) is 1. The van der Waals surface area contributed by atoms with Crippen LogP contribution in [0.4, 0.5) is 5.69 Å². The van der Waals surface area contributed by atoms with Gasteiger partial charge in [-0.3, -0.25) is 4.99 Å². The first-order valence-corrected chi connectivity index (χ1v) is 8.10. The molecular weight excluding hydrogens is 278 g/mol. The molecule has 0 radical (unpaired) electrons. The van der Waals surface area contributed by atoms with Crippen LogP contribution in [0, 0.1) is 0 Å². The van der Waals surface area contributed by atoms with Crippen LogP contribution in [-0.2, 0) is 6.42 Å². The monoisotopic (exact) mass is 299 g/mol. The van der Waals surface area contributed by atoms with Crippen LogP contribution in [0.1, 0.15) is 12.5 Å². The van der Waals surface area contributed by atoms with Gasteiger partial charge in [-0.2, -0.15) is 0 Å². The van der Waals surface area contributed by atoms with Crippen LogP contribution < -0.4 is 11.1 Å². The van der Waals surface area contributed by atoms with Gasteiger partial charge in [0, 0.05) is 16.3 Å². The number of nitrogens with zero attached hydrogens (tertiary/aromatic N) is 1. The van der Waals surface area contributed by atoms with Crippen molar-refractivity contribution in [2.45, 2.75) is 18.2 Å². The van der Waals surface area contributed by atoms with Crippen molar-refractivity contribution >= 4 is 23.4 Å². The highest BCUT2D eigenvalue weighted by molar-refractivity contribution is 7.99. The first kappa shape index (κ1) is 15.4. The maximum atomic E-state index is 5.89. The molecule has 4 heteroatoms. The van der Waals surface area contributed by atoms with Crippen LogP contribution in [0.25, 0.3) is 0 Å². The molecule has 0 saturated heterocycles. The molecule has 0 atom stereocenters. The van der Waals surface area contributed by atoms with Crippen LogP contribution in [0.15, 0.2) is 64.5 Å². The van der Waals surface area contributed by atoms with E-state index >= 15 is 0 Å². The highest BCUT2D eigenvalue weighted by Gasteiger charge is 1.96. The Kier molecular flexibility index (Phi) is 6.16.